The number of likely N-dealkylation sites (tertiary alicyclic amines) is 1. The standard InChI is InChI=1S/C23H25FN4O/c1-17-13-26-23(20-7-3-9-25-14-20)28(17)16-19-6-4-10-27(15-19)22(29)12-18-5-2-8-21(24)11-18/h2-3,5,7-9,11,13-14,19H,4,6,10,12,15-16H2,1H3. The highest BCUT2D eigenvalue weighted by molar-refractivity contribution is 5.78. The third kappa shape index (κ3) is 4.53. The number of pyridine rings is 1. The van der Waals surface area contributed by atoms with Gasteiger partial charge in [-0.05, 0) is 55.5 Å². The van der Waals surface area contributed by atoms with Crippen molar-refractivity contribution in [3.63, 3.8) is 0 Å². The highest BCUT2D eigenvalue weighted by Crippen LogP contribution is 2.24. The fourth-order valence-corrected chi connectivity index (χ4v) is 4.05. The van der Waals surface area contributed by atoms with Gasteiger partial charge in [-0.3, -0.25) is 9.78 Å². The number of hydrogen-bond acceptors (Lipinski definition) is 3. The van der Waals surface area contributed by atoms with Crippen LogP contribution in [0, 0.1) is 18.7 Å². The first kappa shape index (κ1) is 19.3. The molecule has 0 spiro atoms. The Morgan fingerprint density at radius 1 is 1.24 bits per heavy atom. The van der Waals surface area contributed by atoms with Gasteiger partial charge in [-0.15, -0.1) is 0 Å². The first-order valence-corrected chi connectivity index (χ1v) is 10.0. The number of aryl methyl sites for hydroxylation is 1. The number of imidazole rings is 1. The van der Waals surface area contributed by atoms with E-state index in [4.69, 9.17) is 0 Å². The van der Waals surface area contributed by atoms with Crippen LogP contribution in [-0.4, -0.2) is 38.4 Å². The van der Waals surface area contributed by atoms with E-state index < -0.39 is 0 Å². The number of aromatic nitrogens is 3. The highest BCUT2D eigenvalue weighted by Gasteiger charge is 2.25. The van der Waals surface area contributed by atoms with E-state index in [1.54, 1.807) is 18.3 Å². The molecule has 3 aromatic rings. The summed E-state index contributed by atoms with van der Waals surface area (Å²) in [6.45, 7) is 4.36. The molecule has 29 heavy (non-hydrogen) atoms. The van der Waals surface area contributed by atoms with Crippen molar-refractivity contribution in [1.82, 2.24) is 19.4 Å². The lowest BCUT2D eigenvalue weighted by Gasteiger charge is -2.33. The predicted octanol–water partition coefficient (Wildman–Crippen LogP) is 3.87. The first-order chi connectivity index (χ1) is 14.1. The molecule has 1 aromatic carbocycles. The summed E-state index contributed by atoms with van der Waals surface area (Å²) in [7, 11) is 0. The van der Waals surface area contributed by atoms with E-state index in [1.807, 2.05) is 29.4 Å². The second-order valence-corrected chi connectivity index (χ2v) is 7.73. The number of carbonyl (C=O) groups is 1. The van der Waals surface area contributed by atoms with Gasteiger partial charge in [0, 0.05) is 49.5 Å². The maximum atomic E-state index is 13.4. The zero-order chi connectivity index (χ0) is 20.2. The number of rotatable bonds is 5. The SMILES string of the molecule is Cc1cnc(-c2cccnc2)n1CC1CCCN(C(=O)Cc2cccc(F)c2)C1. The Bertz CT molecular complexity index is 986. The van der Waals surface area contributed by atoms with Crippen LogP contribution in [0.3, 0.4) is 0 Å². The lowest BCUT2D eigenvalue weighted by Crippen LogP contribution is -2.42. The van der Waals surface area contributed by atoms with Crippen LogP contribution in [0.15, 0.2) is 55.0 Å². The number of benzene rings is 1. The molecule has 1 amide bonds. The van der Waals surface area contributed by atoms with E-state index in [0.717, 1.165) is 55.1 Å². The van der Waals surface area contributed by atoms with E-state index in [2.05, 4.69) is 21.5 Å². The van der Waals surface area contributed by atoms with Gasteiger partial charge in [0.05, 0.1) is 6.42 Å². The van der Waals surface area contributed by atoms with Gasteiger partial charge in [-0.1, -0.05) is 12.1 Å². The Morgan fingerprint density at radius 3 is 2.93 bits per heavy atom. The summed E-state index contributed by atoms with van der Waals surface area (Å²) >= 11 is 0. The second-order valence-electron chi connectivity index (χ2n) is 7.73. The Kier molecular flexibility index (Phi) is 5.69. The van der Waals surface area contributed by atoms with E-state index in [0.29, 0.717) is 5.92 Å². The van der Waals surface area contributed by atoms with Crippen molar-refractivity contribution in [2.45, 2.75) is 32.7 Å². The van der Waals surface area contributed by atoms with Gasteiger partial charge in [-0.2, -0.15) is 0 Å². The summed E-state index contributed by atoms with van der Waals surface area (Å²) in [5, 5.41) is 0. The molecule has 1 aliphatic heterocycles. The van der Waals surface area contributed by atoms with E-state index in [-0.39, 0.29) is 18.1 Å². The number of nitrogens with zero attached hydrogens (tertiary/aromatic N) is 4. The average molecular weight is 392 g/mol. The quantitative estimate of drug-likeness (QED) is 0.662. The Balaban J connectivity index is 1.44. The summed E-state index contributed by atoms with van der Waals surface area (Å²) < 4.78 is 15.6. The van der Waals surface area contributed by atoms with Crippen LogP contribution >= 0.6 is 0 Å². The number of halogens is 1. The molecule has 5 nitrogen and oxygen atoms in total. The fourth-order valence-electron chi connectivity index (χ4n) is 4.05. The third-order valence-corrected chi connectivity index (χ3v) is 5.53. The summed E-state index contributed by atoms with van der Waals surface area (Å²) in [4.78, 5) is 23.5. The van der Waals surface area contributed by atoms with E-state index in [1.165, 1.54) is 12.1 Å². The van der Waals surface area contributed by atoms with Crippen LogP contribution in [0.25, 0.3) is 11.4 Å². The van der Waals surface area contributed by atoms with Gasteiger partial charge >= 0.3 is 0 Å². The molecule has 0 radical (unpaired) electrons. The molecule has 0 N–H and O–H groups in total. The highest BCUT2D eigenvalue weighted by atomic mass is 19.1. The molecule has 6 heteroatoms. The van der Waals surface area contributed by atoms with Crippen molar-refractivity contribution in [3.05, 3.63) is 72.1 Å². The van der Waals surface area contributed by atoms with Crippen LogP contribution < -0.4 is 0 Å². The molecular weight excluding hydrogens is 367 g/mol. The first-order valence-electron chi connectivity index (χ1n) is 10.0. The van der Waals surface area contributed by atoms with Crippen LogP contribution in [0.5, 0.6) is 0 Å². The number of hydrogen-bond donors (Lipinski definition) is 0. The molecule has 1 saturated heterocycles. The van der Waals surface area contributed by atoms with Gasteiger partial charge < -0.3 is 9.47 Å². The molecule has 0 saturated carbocycles. The Labute approximate surface area is 170 Å². The second kappa shape index (κ2) is 8.55. The van der Waals surface area contributed by atoms with Crippen LogP contribution in [0.1, 0.15) is 24.1 Å². The molecule has 150 valence electrons. The maximum absolute atomic E-state index is 13.4. The minimum Gasteiger partial charge on any atom is -0.342 e. The third-order valence-electron chi connectivity index (χ3n) is 5.53. The van der Waals surface area contributed by atoms with Crippen LogP contribution in [0.4, 0.5) is 4.39 Å². The summed E-state index contributed by atoms with van der Waals surface area (Å²) in [5.74, 6) is 1.04. The van der Waals surface area contributed by atoms with Gasteiger partial charge in [0.15, 0.2) is 0 Å². The fraction of sp³-hybridized carbons (Fsp3) is 0.348. The van der Waals surface area contributed by atoms with Crippen LogP contribution in [-0.2, 0) is 17.8 Å². The maximum Gasteiger partial charge on any atom is 0.227 e. The van der Waals surface area contributed by atoms with Crippen LogP contribution in [0.2, 0.25) is 0 Å². The average Bonchev–Trinajstić information content (AvgIpc) is 3.09. The van der Waals surface area contributed by atoms with Crippen molar-refractivity contribution in [1.29, 1.82) is 0 Å². The molecule has 0 aliphatic carbocycles. The normalized spacial score (nSPS) is 16.8. The molecule has 3 heterocycles. The zero-order valence-electron chi connectivity index (χ0n) is 16.6. The molecule has 1 unspecified atom stereocenters. The minimum absolute atomic E-state index is 0.0649. The Morgan fingerprint density at radius 2 is 2.14 bits per heavy atom. The number of amides is 1. The van der Waals surface area contributed by atoms with Gasteiger partial charge in [0.1, 0.15) is 11.6 Å². The molecular formula is C23H25FN4O. The number of carbonyl (C=O) groups excluding carboxylic acids is 1. The van der Waals surface area contributed by atoms with Crippen molar-refractivity contribution < 1.29 is 9.18 Å². The van der Waals surface area contributed by atoms with Crippen molar-refractivity contribution in [2.75, 3.05) is 13.1 Å². The van der Waals surface area contributed by atoms with Crippen molar-refractivity contribution in [2.24, 2.45) is 5.92 Å². The van der Waals surface area contributed by atoms with Crippen molar-refractivity contribution in [3.8, 4) is 11.4 Å². The number of piperidine rings is 1. The lowest BCUT2D eigenvalue weighted by molar-refractivity contribution is -0.132. The molecule has 1 aliphatic rings. The molecule has 4 rings (SSSR count). The van der Waals surface area contributed by atoms with Gasteiger partial charge in [-0.25, -0.2) is 9.37 Å². The Hall–Kier alpha value is -3.02. The molecule has 1 fully saturated rings. The largest absolute Gasteiger partial charge is 0.342 e. The van der Waals surface area contributed by atoms with E-state index in [9.17, 15) is 9.18 Å². The molecule has 2 aromatic heterocycles. The lowest BCUT2D eigenvalue weighted by atomic mass is 9.97. The minimum atomic E-state index is -0.301. The van der Waals surface area contributed by atoms with Gasteiger partial charge in [0.2, 0.25) is 5.91 Å². The summed E-state index contributed by atoms with van der Waals surface area (Å²) in [6.07, 6.45) is 7.78. The predicted molar refractivity (Wildman–Crippen MR) is 110 cm³/mol. The summed E-state index contributed by atoms with van der Waals surface area (Å²) in [5.41, 5.74) is 2.82. The molecule has 0 bridgehead atoms. The smallest absolute Gasteiger partial charge is 0.227 e. The zero-order valence-corrected chi connectivity index (χ0v) is 16.6. The monoisotopic (exact) mass is 392 g/mol. The topological polar surface area (TPSA) is 51.0 Å². The summed E-state index contributed by atoms with van der Waals surface area (Å²) in [6, 6.07) is 10.2. The van der Waals surface area contributed by atoms with Crippen molar-refractivity contribution >= 4 is 5.91 Å². The van der Waals surface area contributed by atoms with Gasteiger partial charge in [0.25, 0.3) is 0 Å². The van der Waals surface area contributed by atoms with E-state index >= 15 is 0 Å². The molecule has 1 atom stereocenters.